The minimum absolute atomic E-state index is 0.0583. The Morgan fingerprint density at radius 2 is 1.93 bits per heavy atom. The number of rotatable bonds is 8. The van der Waals surface area contributed by atoms with E-state index in [1.165, 1.54) is 22.5 Å². The van der Waals surface area contributed by atoms with E-state index in [0.29, 0.717) is 5.92 Å². The molecule has 0 saturated carbocycles. The largest absolute Gasteiger partial charge is 0.326 e. The van der Waals surface area contributed by atoms with Gasteiger partial charge in [0, 0.05) is 16.8 Å². The topological polar surface area (TPSA) is 59.8 Å². The molecule has 0 atom stereocenters. The summed E-state index contributed by atoms with van der Waals surface area (Å²) in [5.74, 6) is 0.609. The van der Waals surface area contributed by atoms with E-state index in [4.69, 9.17) is 5.10 Å². The van der Waals surface area contributed by atoms with E-state index in [0.717, 1.165) is 47.2 Å². The van der Waals surface area contributed by atoms with E-state index < -0.39 is 0 Å². The highest BCUT2D eigenvalue weighted by atomic mass is 32.1. The van der Waals surface area contributed by atoms with E-state index >= 15 is 0 Å². The number of hydrogen-bond acceptors (Lipinski definition) is 4. The van der Waals surface area contributed by atoms with Crippen LogP contribution >= 0.6 is 11.3 Å². The molecular weight excluding hydrogens is 380 g/mol. The zero-order valence-electron chi connectivity index (χ0n) is 18.0. The van der Waals surface area contributed by atoms with Gasteiger partial charge in [-0.2, -0.15) is 5.10 Å². The lowest BCUT2D eigenvalue weighted by atomic mass is 10.0. The molecule has 0 radical (unpaired) electrons. The summed E-state index contributed by atoms with van der Waals surface area (Å²) in [5, 5.41) is 10.4. The lowest BCUT2D eigenvalue weighted by Gasteiger charge is -2.05. The summed E-state index contributed by atoms with van der Waals surface area (Å²) in [6.07, 6.45) is 3.43. The molecule has 1 amide bonds. The Kier molecular flexibility index (Phi) is 6.85. The SMILES string of the molecule is CCc1ccc(NC(=O)Cc2csc(-n3nc(C)c(CCC(C)C)c3C)n2)cc1. The first-order valence-corrected chi connectivity index (χ1v) is 11.1. The summed E-state index contributed by atoms with van der Waals surface area (Å²) in [5.41, 5.74) is 6.35. The van der Waals surface area contributed by atoms with Crippen LogP contribution in [0, 0.1) is 19.8 Å². The summed E-state index contributed by atoms with van der Waals surface area (Å²) < 4.78 is 1.92. The Hall–Kier alpha value is -2.47. The van der Waals surface area contributed by atoms with Crippen LogP contribution in [0.2, 0.25) is 0 Å². The van der Waals surface area contributed by atoms with Crippen molar-refractivity contribution in [2.45, 2.75) is 60.3 Å². The molecule has 0 spiro atoms. The molecule has 3 aromatic rings. The number of anilines is 1. The van der Waals surface area contributed by atoms with Crippen molar-refractivity contribution in [2.75, 3.05) is 5.32 Å². The van der Waals surface area contributed by atoms with Gasteiger partial charge in [-0.05, 0) is 62.3 Å². The molecule has 2 aromatic heterocycles. The number of hydrogen-bond donors (Lipinski definition) is 1. The molecule has 1 aromatic carbocycles. The fourth-order valence-electron chi connectivity index (χ4n) is 3.32. The van der Waals surface area contributed by atoms with Gasteiger partial charge in [-0.25, -0.2) is 9.67 Å². The maximum absolute atomic E-state index is 12.4. The van der Waals surface area contributed by atoms with Crippen LogP contribution in [0.3, 0.4) is 0 Å². The summed E-state index contributed by atoms with van der Waals surface area (Å²) in [7, 11) is 0. The quantitative estimate of drug-likeness (QED) is 0.550. The second-order valence-electron chi connectivity index (χ2n) is 7.89. The molecule has 0 saturated heterocycles. The number of aryl methyl sites for hydroxylation is 2. The second-order valence-corrected chi connectivity index (χ2v) is 8.73. The van der Waals surface area contributed by atoms with Crippen LogP contribution in [0.15, 0.2) is 29.6 Å². The molecule has 5 nitrogen and oxygen atoms in total. The van der Waals surface area contributed by atoms with E-state index in [2.05, 4.69) is 44.9 Å². The molecule has 29 heavy (non-hydrogen) atoms. The fraction of sp³-hybridized carbons (Fsp3) is 0.435. The summed E-state index contributed by atoms with van der Waals surface area (Å²) in [4.78, 5) is 17.0. The maximum atomic E-state index is 12.4. The second kappa shape index (κ2) is 9.35. The molecule has 0 aliphatic carbocycles. The molecule has 0 bridgehead atoms. The Labute approximate surface area is 177 Å². The number of nitrogens with zero attached hydrogens (tertiary/aromatic N) is 3. The predicted octanol–water partition coefficient (Wildman–Crippen LogP) is 5.28. The van der Waals surface area contributed by atoms with Gasteiger partial charge in [0.05, 0.1) is 17.8 Å². The predicted molar refractivity (Wildman–Crippen MR) is 120 cm³/mol. The van der Waals surface area contributed by atoms with Gasteiger partial charge in [-0.1, -0.05) is 32.9 Å². The smallest absolute Gasteiger partial charge is 0.230 e. The zero-order chi connectivity index (χ0) is 21.0. The van der Waals surface area contributed by atoms with Gasteiger partial charge in [-0.3, -0.25) is 4.79 Å². The van der Waals surface area contributed by atoms with Crippen molar-refractivity contribution in [1.29, 1.82) is 0 Å². The third kappa shape index (κ3) is 5.32. The first-order chi connectivity index (χ1) is 13.9. The van der Waals surface area contributed by atoms with Crippen LogP contribution in [-0.4, -0.2) is 20.7 Å². The molecule has 0 fully saturated rings. The van der Waals surface area contributed by atoms with Crippen LogP contribution in [0.4, 0.5) is 5.69 Å². The molecule has 0 aliphatic rings. The minimum atomic E-state index is -0.0583. The highest BCUT2D eigenvalue weighted by Crippen LogP contribution is 2.23. The van der Waals surface area contributed by atoms with E-state index in [9.17, 15) is 4.79 Å². The Bertz CT molecular complexity index is 969. The van der Waals surface area contributed by atoms with E-state index in [1.807, 2.05) is 34.3 Å². The highest BCUT2D eigenvalue weighted by Gasteiger charge is 2.16. The van der Waals surface area contributed by atoms with Crippen molar-refractivity contribution in [1.82, 2.24) is 14.8 Å². The van der Waals surface area contributed by atoms with Crippen molar-refractivity contribution in [3.8, 4) is 5.13 Å². The van der Waals surface area contributed by atoms with Crippen molar-refractivity contribution in [3.05, 3.63) is 57.9 Å². The van der Waals surface area contributed by atoms with Crippen molar-refractivity contribution in [2.24, 2.45) is 5.92 Å². The monoisotopic (exact) mass is 410 g/mol. The van der Waals surface area contributed by atoms with Gasteiger partial charge in [0.25, 0.3) is 0 Å². The molecule has 154 valence electrons. The fourth-order valence-corrected chi connectivity index (χ4v) is 4.15. The first-order valence-electron chi connectivity index (χ1n) is 10.3. The van der Waals surface area contributed by atoms with Gasteiger partial charge >= 0.3 is 0 Å². The standard InChI is InChI=1S/C23H30N4OS/c1-6-18-8-10-19(11-9-18)24-22(28)13-20-14-29-23(25-20)27-17(5)21(16(4)26-27)12-7-15(2)3/h8-11,14-15H,6-7,12-13H2,1-5H3,(H,24,28). The number of carbonyl (C=O) groups excluding carboxylic acids is 1. The normalized spacial score (nSPS) is 11.2. The molecular formula is C23H30N4OS. The number of nitrogens with one attached hydrogen (secondary N) is 1. The number of thiazole rings is 1. The lowest BCUT2D eigenvalue weighted by Crippen LogP contribution is -2.14. The zero-order valence-corrected chi connectivity index (χ0v) is 18.8. The van der Waals surface area contributed by atoms with Gasteiger partial charge in [-0.15, -0.1) is 11.3 Å². The van der Waals surface area contributed by atoms with Crippen LogP contribution in [0.1, 0.15) is 55.4 Å². The maximum Gasteiger partial charge on any atom is 0.230 e. The van der Waals surface area contributed by atoms with Crippen LogP contribution in [-0.2, 0) is 24.1 Å². The van der Waals surface area contributed by atoms with Crippen molar-refractivity contribution < 1.29 is 4.79 Å². The Balaban J connectivity index is 1.67. The van der Waals surface area contributed by atoms with E-state index in [-0.39, 0.29) is 12.3 Å². The Morgan fingerprint density at radius 3 is 2.59 bits per heavy atom. The van der Waals surface area contributed by atoms with Crippen molar-refractivity contribution in [3.63, 3.8) is 0 Å². The van der Waals surface area contributed by atoms with Gasteiger partial charge in [0.1, 0.15) is 0 Å². The van der Waals surface area contributed by atoms with Gasteiger partial charge < -0.3 is 5.32 Å². The third-order valence-corrected chi connectivity index (χ3v) is 5.99. The minimum Gasteiger partial charge on any atom is -0.326 e. The average Bonchev–Trinajstić information content (AvgIpc) is 3.24. The molecule has 0 aliphatic heterocycles. The molecule has 1 N–H and O–H groups in total. The number of aromatic nitrogens is 3. The van der Waals surface area contributed by atoms with E-state index in [1.54, 1.807) is 0 Å². The molecule has 0 unspecified atom stereocenters. The number of carbonyl (C=O) groups is 1. The molecule has 2 heterocycles. The Morgan fingerprint density at radius 1 is 1.21 bits per heavy atom. The van der Waals surface area contributed by atoms with Gasteiger partial charge in [0.2, 0.25) is 11.0 Å². The summed E-state index contributed by atoms with van der Waals surface area (Å²) >= 11 is 1.53. The summed E-state index contributed by atoms with van der Waals surface area (Å²) in [6.45, 7) is 10.8. The first kappa shape index (κ1) is 21.2. The average molecular weight is 411 g/mol. The lowest BCUT2D eigenvalue weighted by molar-refractivity contribution is -0.115. The van der Waals surface area contributed by atoms with Crippen LogP contribution in [0.25, 0.3) is 5.13 Å². The molecule has 3 rings (SSSR count). The van der Waals surface area contributed by atoms with Crippen LogP contribution < -0.4 is 5.32 Å². The third-order valence-electron chi connectivity index (χ3n) is 5.12. The van der Waals surface area contributed by atoms with Gasteiger partial charge in [0.15, 0.2) is 0 Å². The number of amides is 1. The summed E-state index contributed by atoms with van der Waals surface area (Å²) in [6, 6.07) is 7.96. The van der Waals surface area contributed by atoms with Crippen molar-refractivity contribution >= 4 is 22.9 Å². The van der Waals surface area contributed by atoms with Crippen LogP contribution in [0.5, 0.6) is 0 Å². The number of benzene rings is 1. The highest BCUT2D eigenvalue weighted by molar-refractivity contribution is 7.12. The molecule has 6 heteroatoms.